The van der Waals surface area contributed by atoms with E-state index in [0.717, 1.165) is 25.7 Å². The lowest BCUT2D eigenvalue weighted by molar-refractivity contribution is 0.228. The van der Waals surface area contributed by atoms with Gasteiger partial charge in [-0.1, -0.05) is 0 Å². The van der Waals surface area contributed by atoms with Crippen molar-refractivity contribution in [1.29, 1.82) is 0 Å². The predicted octanol–water partition coefficient (Wildman–Crippen LogP) is 1.25. The third-order valence-electron chi connectivity index (χ3n) is 2.22. The SMILES string of the molecule is C#CCCCNC(=O)NC1CCC1. The summed E-state index contributed by atoms with van der Waals surface area (Å²) in [7, 11) is 0. The number of unbranched alkanes of at least 4 members (excludes halogenated alkanes) is 1. The highest BCUT2D eigenvalue weighted by molar-refractivity contribution is 5.74. The lowest BCUT2D eigenvalue weighted by Crippen LogP contribution is -2.45. The molecule has 0 aromatic rings. The number of hydrogen-bond donors (Lipinski definition) is 2. The summed E-state index contributed by atoms with van der Waals surface area (Å²) >= 11 is 0. The fourth-order valence-corrected chi connectivity index (χ4v) is 1.18. The first-order valence-corrected chi connectivity index (χ1v) is 4.81. The highest BCUT2D eigenvalue weighted by atomic mass is 16.2. The van der Waals surface area contributed by atoms with Gasteiger partial charge < -0.3 is 10.6 Å². The second-order valence-electron chi connectivity index (χ2n) is 3.34. The Labute approximate surface area is 79.3 Å². The van der Waals surface area contributed by atoms with Crippen LogP contribution in [0.1, 0.15) is 32.1 Å². The summed E-state index contributed by atoms with van der Waals surface area (Å²) in [5.74, 6) is 2.53. The van der Waals surface area contributed by atoms with Crippen LogP contribution in [0, 0.1) is 12.3 Å². The molecule has 0 aromatic heterocycles. The van der Waals surface area contributed by atoms with E-state index in [9.17, 15) is 4.79 Å². The minimum Gasteiger partial charge on any atom is -0.338 e. The maximum absolute atomic E-state index is 11.1. The Hall–Kier alpha value is -1.17. The number of carbonyl (C=O) groups is 1. The van der Waals surface area contributed by atoms with E-state index in [-0.39, 0.29) is 6.03 Å². The number of rotatable bonds is 4. The van der Waals surface area contributed by atoms with Crippen LogP contribution in [-0.2, 0) is 0 Å². The lowest BCUT2D eigenvalue weighted by Gasteiger charge is -2.26. The smallest absolute Gasteiger partial charge is 0.315 e. The summed E-state index contributed by atoms with van der Waals surface area (Å²) in [6, 6.07) is 0.356. The second-order valence-corrected chi connectivity index (χ2v) is 3.34. The molecule has 3 heteroatoms. The normalized spacial score (nSPS) is 15.6. The summed E-state index contributed by atoms with van der Waals surface area (Å²) in [4.78, 5) is 11.1. The van der Waals surface area contributed by atoms with E-state index >= 15 is 0 Å². The Morgan fingerprint density at radius 1 is 1.54 bits per heavy atom. The maximum Gasteiger partial charge on any atom is 0.315 e. The van der Waals surface area contributed by atoms with Crippen LogP contribution in [0.2, 0.25) is 0 Å². The Balaban J connectivity index is 1.94. The van der Waals surface area contributed by atoms with Crippen molar-refractivity contribution < 1.29 is 4.79 Å². The molecule has 0 unspecified atom stereocenters. The number of carbonyl (C=O) groups excluding carboxylic acids is 1. The van der Waals surface area contributed by atoms with Crippen molar-refractivity contribution in [2.24, 2.45) is 0 Å². The van der Waals surface area contributed by atoms with Gasteiger partial charge in [-0.15, -0.1) is 12.3 Å². The molecule has 0 aliphatic heterocycles. The summed E-state index contributed by atoms with van der Waals surface area (Å²) in [6.07, 6.45) is 10.1. The molecule has 13 heavy (non-hydrogen) atoms. The molecule has 0 bridgehead atoms. The van der Waals surface area contributed by atoms with Crippen molar-refractivity contribution in [3.8, 4) is 12.3 Å². The first kappa shape index (κ1) is 9.91. The summed E-state index contributed by atoms with van der Waals surface area (Å²) in [5.41, 5.74) is 0. The number of amides is 2. The van der Waals surface area contributed by atoms with Gasteiger partial charge in [0.25, 0.3) is 0 Å². The van der Waals surface area contributed by atoms with Crippen LogP contribution >= 0.6 is 0 Å². The molecule has 2 N–H and O–H groups in total. The van der Waals surface area contributed by atoms with Gasteiger partial charge in [0.15, 0.2) is 0 Å². The van der Waals surface area contributed by atoms with Crippen LogP contribution < -0.4 is 10.6 Å². The van der Waals surface area contributed by atoms with Gasteiger partial charge in [0.1, 0.15) is 0 Å². The zero-order valence-electron chi connectivity index (χ0n) is 7.81. The molecular weight excluding hydrogens is 164 g/mol. The highest BCUT2D eigenvalue weighted by Crippen LogP contribution is 2.17. The molecule has 0 radical (unpaired) electrons. The number of nitrogens with one attached hydrogen (secondary N) is 2. The van der Waals surface area contributed by atoms with Crippen molar-refractivity contribution in [3.05, 3.63) is 0 Å². The van der Waals surface area contributed by atoms with Crippen LogP contribution in [0.4, 0.5) is 4.79 Å². The van der Waals surface area contributed by atoms with Crippen molar-refractivity contribution in [1.82, 2.24) is 10.6 Å². The average molecular weight is 180 g/mol. The molecule has 0 atom stereocenters. The van der Waals surface area contributed by atoms with E-state index in [4.69, 9.17) is 6.42 Å². The van der Waals surface area contributed by atoms with Gasteiger partial charge in [-0.25, -0.2) is 4.79 Å². The Bertz CT molecular complexity index is 203. The van der Waals surface area contributed by atoms with E-state index in [2.05, 4.69) is 16.6 Å². The topological polar surface area (TPSA) is 41.1 Å². The van der Waals surface area contributed by atoms with Crippen LogP contribution in [0.3, 0.4) is 0 Å². The lowest BCUT2D eigenvalue weighted by atomic mass is 9.93. The summed E-state index contributed by atoms with van der Waals surface area (Å²) in [5, 5.41) is 5.66. The third kappa shape index (κ3) is 3.84. The van der Waals surface area contributed by atoms with Crippen LogP contribution in [0.25, 0.3) is 0 Å². The molecule has 72 valence electrons. The van der Waals surface area contributed by atoms with Crippen LogP contribution in [0.5, 0.6) is 0 Å². The van der Waals surface area contributed by atoms with Crippen LogP contribution in [-0.4, -0.2) is 18.6 Å². The fraction of sp³-hybridized carbons (Fsp3) is 0.700. The third-order valence-corrected chi connectivity index (χ3v) is 2.22. The largest absolute Gasteiger partial charge is 0.338 e. The van der Waals surface area contributed by atoms with Gasteiger partial charge in [-0.2, -0.15) is 0 Å². The monoisotopic (exact) mass is 180 g/mol. The molecule has 0 aromatic carbocycles. The van der Waals surface area contributed by atoms with E-state index in [1.807, 2.05) is 0 Å². The van der Waals surface area contributed by atoms with Gasteiger partial charge in [0.05, 0.1) is 0 Å². The average Bonchev–Trinajstić information content (AvgIpc) is 2.06. The Morgan fingerprint density at radius 2 is 2.31 bits per heavy atom. The number of terminal acetylenes is 1. The van der Waals surface area contributed by atoms with E-state index < -0.39 is 0 Å². The molecule has 1 aliphatic carbocycles. The van der Waals surface area contributed by atoms with Crippen molar-refractivity contribution in [2.75, 3.05) is 6.54 Å². The summed E-state index contributed by atoms with van der Waals surface area (Å²) in [6.45, 7) is 0.669. The molecule has 1 aliphatic rings. The van der Waals surface area contributed by atoms with Crippen LogP contribution in [0.15, 0.2) is 0 Å². The predicted molar refractivity (Wildman–Crippen MR) is 52.2 cm³/mol. The highest BCUT2D eigenvalue weighted by Gasteiger charge is 2.18. The van der Waals surface area contributed by atoms with E-state index in [1.54, 1.807) is 0 Å². The molecular formula is C10H16N2O. The van der Waals surface area contributed by atoms with Crippen molar-refractivity contribution >= 4 is 6.03 Å². The first-order chi connectivity index (χ1) is 6.33. The molecule has 0 spiro atoms. The van der Waals surface area contributed by atoms with Gasteiger partial charge in [-0.05, 0) is 25.7 Å². The molecule has 1 rings (SSSR count). The zero-order valence-corrected chi connectivity index (χ0v) is 7.81. The summed E-state index contributed by atoms with van der Waals surface area (Å²) < 4.78 is 0. The van der Waals surface area contributed by atoms with Gasteiger partial charge >= 0.3 is 6.03 Å². The Morgan fingerprint density at radius 3 is 2.85 bits per heavy atom. The fourth-order valence-electron chi connectivity index (χ4n) is 1.18. The van der Waals surface area contributed by atoms with Gasteiger partial charge in [-0.3, -0.25) is 0 Å². The van der Waals surface area contributed by atoms with Gasteiger partial charge in [0.2, 0.25) is 0 Å². The van der Waals surface area contributed by atoms with Crippen molar-refractivity contribution in [2.45, 2.75) is 38.1 Å². The van der Waals surface area contributed by atoms with Crippen molar-refractivity contribution in [3.63, 3.8) is 0 Å². The zero-order chi connectivity index (χ0) is 9.52. The quantitative estimate of drug-likeness (QED) is 0.496. The Kier molecular flexibility index (Phi) is 4.17. The minimum atomic E-state index is -0.0540. The number of hydrogen-bond acceptors (Lipinski definition) is 1. The minimum absolute atomic E-state index is 0.0540. The van der Waals surface area contributed by atoms with E-state index in [1.165, 1.54) is 6.42 Å². The van der Waals surface area contributed by atoms with E-state index in [0.29, 0.717) is 12.6 Å². The first-order valence-electron chi connectivity index (χ1n) is 4.81. The molecule has 1 fully saturated rings. The molecule has 1 saturated carbocycles. The van der Waals surface area contributed by atoms with Gasteiger partial charge in [0, 0.05) is 19.0 Å². The molecule has 0 heterocycles. The maximum atomic E-state index is 11.1. The molecule has 3 nitrogen and oxygen atoms in total. The number of urea groups is 1. The standard InChI is InChI=1S/C10H16N2O/c1-2-3-4-8-11-10(13)12-9-6-5-7-9/h1,9H,3-8H2,(H2,11,12,13). The molecule has 2 amide bonds. The molecule has 0 saturated heterocycles. The second kappa shape index (κ2) is 5.47.